The van der Waals surface area contributed by atoms with E-state index in [1.807, 2.05) is 30.5 Å². The molecule has 2 fully saturated rings. The van der Waals surface area contributed by atoms with Gasteiger partial charge in [-0.05, 0) is 98.7 Å². The van der Waals surface area contributed by atoms with Crippen molar-refractivity contribution >= 4 is 34.2 Å². The van der Waals surface area contributed by atoms with Crippen LogP contribution in [-0.4, -0.2) is 38.1 Å². The van der Waals surface area contributed by atoms with E-state index < -0.39 is 11.4 Å². The Kier molecular flexibility index (Phi) is 7.27. The number of nitrogens with zero attached hydrogens (tertiary/aromatic N) is 4. The summed E-state index contributed by atoms with van der Waals surface area (Å²) in [6.45, 7) is 2.21. The lowest BCUT2D eigenvalue weighted by molar-refractivity contribution is 0.162. The SMILES string of the molecule is O=c1c(Oc2ccccc2F)cc2cnc(Nc3ccc(OC4CCNCC4)cc3)nc2n1Cc1cnsc1C1CC1. The van der Waals surface area contributed by atoms with Crippen molar-refractivity contribution in [1.82, 2.24) is 24.2 Å². The zero-order chi connectivity index (χ0) is 28.5. The first kappa shape index (κ1) is 26.5. The summed E-state index contributed by atoms with van der Waals surface area (Å²) in [5, 5.41) is 7.18. The van der Waals surface area contributed by atoms with Gasteiger partial charge in [-0.2, -0.15) is 4.98 Å². The summed E-state index contributed by atoms with van der Waals surface area (Å²) in [4.78, 5) is 24.2. The number of hydrogen-bond donors (Lipinski definition) is 2. The average Bonchev–Trinajstić information content (AvgIpc) is 3.75. The van der Waals surface area contributed by atoms with Crippen LogP contribution in [0.4, 0.5) is 16.0 Å². The van der Waals surface area contributed by atoms with Crippen LogP contribution < -0.4 is 25.7 Å². The molecule has 2 aromatic carbocycles. The van der Waals surface area contributed by atoms with Gasteiger partial charge in [-0.25, -0.2) is 13.7 Å². The lowest BCUT2D eigenvalue weighted by atomic mass is 10.1. The molecular formula is C31H29FN6O3S. The Morgan fingerprint density at radius 1 is 1.02 bits per heavy atom. The van der Waals surface area contributed by atoms with E-state index in [2.05, 4.69) is 20.0 Å². The number of piperidine rings is 1. The van der Waals surface area contributed by atoms with Gasteiger partial charge in [-0.1, -0.05) is 12.1 Å². The fraction of sp³-hybridized carbons (Fsp3) is 0.290. The van der Waals surface area contributed by atoms with E-state index in [4.69, 9.17) is 14.5 Å². The lowest BCUT2D eigenvalue weighted by Gasteiger charge is -2.23. The van der Waals surface area contributed by atoms with Crippen LogP contribution >= 0.6 is 11.5 Å². The highest BCUT2D eigenvalue weighted by Crippen LogP contribution is 2.43. The van der Waals surface area contributed by atoms with E-state index in [1.165, 1.54) is 28.5 Å². The van der Waals surface area contributed by atoms with Gasteiger partial charge >= 0.3 is 0 Å². The van der Waals surface area contributed by atoms with Crippen molar-refractivity contribution in [2.75, 3.05) is 18.4 Å². The molecule has 0 atom stereocenters. The number of pyridine rings is 1. The first-order valence-corrected chi connectivity index (χ1v) is 14.9. The maximum atomic E-state index is 14.4. The predicted octanol–water partition coefficient (Wildman–Crippen LogP) is 5.98. The molecule has 0 bridgehead atoms. The number of hydrogen-bond acceptors (Lipinski definition) is 9. The van der Waals surface area contributed by atoms with Gasteiger partial charge in [0.15, 0.2) is 17.3 Å². The monoisotopic (exact) mass is 584 g/mol. The van der Waals surface area contributed by atoms with Gasteiger partial charge in [-0.15, -0.1) is 0 Å². The van der Waals surface area contributed by atoms with Crippen LogP contribution in [0.5, 0.6) is 17.2 Å². The smallest absolute Gasteiger partial charge is 0.295 e. The van der Waals surface area contributed by atoms with Crippen LogP contribution in [0.3, 0.4) is 0 Å². The van der Waals surface area contributed by atoms with Gasteiger partial charge in [-0.3, -0.25) is 9.36 Å². The number of fused-ring (bicyclic) bond motifs is 1. The molecule has 2 aliphatic rings. The standard InChI is InChI=1S/C31H29FN6O3S/c32-25-3-1-2-4-26(25)41-27-15-20-16-34-31(36-22-7-9-23(10-8-22)40-24-11-13-33-14-12-24)37-29(20)38(30(27)39)18-21-17-35-42-28(21)19-5-6-19/h1-4,7-10,15-17,19,24,33H,5-6,11-14,18H2,(H,34,36,37). The van der Waals surface area contributed by atoms with Gasteiger partial charge in [0.1, 0.15) is 17.5 Å². The van der Waals surface area contributed by atoms with E-state index in [0.29, 0.717) is 22.9 Å². The normalized spacial score (nSPS) is 15.5. The molecule has 0 unspecified atom stereocenters. The second-order valence-corrected chi connectivity index (χ2v) is 11.4. The van der Waals surface area contributed by atoms with Crippen LogP contribution in [0.25, 0.3) is 11.0 Å². The van der Waals surface area contributed by atoms with E-state index in [9.17, 15) is 9.18 Å². The minimum Gasteiger partial charge on any atom is -0.490 e. The highest BCUT2D eigenvalue weighted by atomic mass is 32.1. The Labute approximate surface area is 245 Å². The van der Waals surface area contributed by atoms with Gasteiger partial charge in [0.2, 0.25) is 5.95 Å². The first-order chi connectivity index (χ1) is 20.6. The molecular weight excluding hydrogens is 555 g/mol. The molecule has 0 radical (unpaired) electrons. The van der Waals surface area contributed by atoms with Crippen molar-refractivity contribution in [3.8, 4) is 17.2 Å². The molecule has 0 spiro atoms. The number of aromatic nitrogens is 4. The molecule has 1 saturated carbocycles. The molecule has 1 saturated heterocycles. The molecule has 214 valence electrons. The van der Waals surface area contributed by atoms with E-state index in [0.717, 1.165) is 55.8 Å². The fourth-order valence-corrected chi connectivity index (χ4v) is 6.06. The summed E-state index contributed by atoms with van der Waals surface area (Å²) in [6.07, 6.45) is 7.90. The summed E-state index contributed by atoms with van der Waals surface area (Å²) in [5.74, 6) is 1.07. The molecule has 11 heteroatoms. The van der Waals surface area contributed by atoms with E-state index >= 15 is 0 Å². The number of benzene rings is 2. The number of nitrogens with one attached hydrogen (secondary N) is 2. The summed E-state index contributed by atoms with van der Waals surface area (Å²) in [5.41, 5.74) is 1.80. The van der Waals surface area contributed by atoms with Crippen LogP contribution in [0.1, 0.15) is 42.0 Å². The molecule has 5 aromatic rings. The number of rotatable bonds is 9. The van der Waals surface area contributed by atoms with Crippen LogP contribution in [-0.2, 0) is 6.54 Å². The third kappa shape index (κ3) is 5.70. The summed E-state index contributed by atoms with van der Waals surface area (Å²) in [7, 11) is 0. The third-order valence-electron chi connectivity index (χ3n) is 7.50. The van der Waals surface area contributed by atoms with Crippen molar-refractivity contribution in [2.24, 2.45) is 0 Å². The molecule has 1 aliphatic heterocycles. The maximum Gasteiger partial charge on any atom is 0.295 e. The van der Waals surface area contributed by atoms with Crippen molar-refractivity contribution in [2.45, 2.75) is 44.2 Å². The summed E-state index contributed by atoms with van der Waals surface area (Å²) < 4.78 is 32.2. The quantitative estimate of drug-likeness (QED) is 0.218. The minimum absolute atomic E-state index is 0.00240. The topological polar surface area (TPSA) is 103 Å². The Morgan fingerprint density at radius 2 is 1.83 bits per heavy atom. The number of ether oxygens (including phenoxy) is 2. The first-order valence-electron chi connectivity index (χ1n) is 14.1. The molecule has 42 heavy (non-hydrogen) atoms. The minimum atomic E-state index is -0.551. The number of para-hydroxylation sites is 1. The van der Waals surface area contributed by atoms with E-state index in [-0.39, 0.29) is 24.1 Å². The second kappa shape index (κ2) is 11.5. The van der Waals surface area contributed by atoms with Gasteiger partial charge in [0.05, 0.1) is 6.54 Å². The molecule has 4 heterocycles. The predicted molar refractivity (Wildman–Crippen MR) is 160 cm³/mol. The lowest BCUT2D eigenvalue weighted by Crippen LogP contribution is -2.34. The van der Waals surface area contributed by atoms with Crippen LogP contribution in [0.15, 0.2) is 71.8 Å². The van der Waals surface area contributed by atoms with E-state index in [1.54, 1.807) is 29.0 Å². The molecule has 2 N–H and O–H groups in total. The highest BCUT2D eigenvalue weighted by molar-refractivity contribution is 7.06. The Hall–Kier alpha value is -4.35. The maximum absolute atomic E-state index is 14.4. The highest BCUT2D eigenvalue weighted by Gasteiger charge is 2.28. The molecule has 9 nitrogen and oxygen atoms in total. The Bertz CT molecular complexity index is 1780. The Morgan fingerprint density at radius 3 is 2.62 bits per heavy atom. The van der Waals surface area contributed by atoms with Crippen LogP contribution in [0, 0.1) is 5.82 Å². The van der Waals surface area contributed by atoms with Gasteiger partial charge in [0, 0.05) is 33.9 Å². The van der Waals surface area contributed by atoms with Crippen molar-refractivity contribution in [1.29, 1.82) is 0 Å². The number of anilines is 2. The van der Waals surface area contributed by atoms with Gasteiger partial charge in [0.25, 0.3) is 5.56 Å². The Balaban J connectivity index is 1.21. The summed E-state index contributed by atoms with van der Waals surface area (Å²) in [6, 6.07) is 15.3. The zero-order valence-electron chi connectivity index (χ0n) is 22.8. The van der Waals surface area contributed by atoms with Crippen LogP contribution in [0.2, 0.25) is 0 Å². The van der Waals surface area contributed by atoms with Crippen molar-refractivity contribution in [3.63, 3.8) is 0 Å². The third-order valence-corrected chi connectivity index (χ3v) is 8.51. The second-order valence-electron chi connectivity index (χ2n) is 10.6. The number of halogens is 1. The largest absolute Gasteiger partial charge is 0.490 e. The van der Waals surface area contributed by atoms with Crippen molar-refractivity contribution < 1.29 is 13.9 Å². The van der Waals surface area contributed by atoms with Crippen molar-refractivity contribution in [3.05, 3.63) is 93.6 Å². The zero-order valence-corrected chi connectivity index (χ0v) is 23.6. The molecule has 7 rings (SSSR count). The molecule has 3 aromatic heterocycles. The average molecular weight is 585 g/mol. The van der Waals surface area contributed by atoms with Gasteiger partial charge < -0.3 is 20.1 Å². The molecule has 1 aliphatic carbocycles. The molecule has 0 amide bonds. The summed E-state index contributed by atoms with van der Waals surface area (Å²) >= 11 is 1.47. The fourth-order valence-electron chi connectivity index (χ4n) is 5.15.